The maximum Gasteiger partial charge on any atom is 0.349 e. The first kappa shape index (κ1) is 20.0. The van der Waals surface area contributed by atoms with Crippen LogP contribution in [0.3, 0.4) is 0 Å². The number of benzene rings is 1. The van der Waals surface area contributed by atoms with Gasteiger partial charge in [0.25, 0.3) is 0 Å². The van der Waals surface area contributed by atoms with E-state index in [0.29, 0.717) is 11.1 Å². The van der Waals surface area contributed by atoms with Gasteiger partial charge < -0.3 is 9.30 Å². The van der Waals surface area contributed by atoms with E-state index in [1.165, 1.54) is 0 Å². The number of carbonyl (C=O) groups is 1. The maximum atomic E-state index is 12.3. The molecule has 0 N–H and O–H groups in total. The molecule has 2 rings (SSSR count). The quantitative estimate of drug-likeness (QED) is 0.415. The van der Waals surface area contributed by atoms with Crippen LogP contribution in [0.1, 0.15) is 47.8 Å². The monoisotopic (exact) mass is 361 g/mol. The Bertz CT molecular complexity index is 939. The predicted octanol–water partition coefficient (Wildman–Crippen LogP) is 4.43. The number of nitriles is 2. The summed E-state index contributed by atoms with van der Waals surface area (Å²) in [6.07, 6.45) is 3.75. The SMILES string of the molecule is CCCCn1c(C)cc(/C=C(\C#N)C(=O)OCc2ccccc2C#N)c1C. The molecule has 0 aliphatic rings. The average molecular weight is 361 g/mol. The lowest BCUT2D eigenvalue weighted by atomic mass is 10.1. The zero-order chi connectivity index (χ0) is 19.8. The van der Waals surface area contributed by atoms with Crippen molar-refractivity contribution < 1.29 is 9.53 Å². The van der Waals surface area contributed by atoms with Crippen molar-refractivity contribution in [2.75, 3.05) is 0 Å². The number of aryl methyl sites for hydroxylation is 1. The topological polar surface area (TPSA) is 78.8 Å². The van der Waals surface area contributed by atoms with E-state index < -0.39 is 5.97 Å². The smallest absolute Gasteiger partial charge is 0.349 e. The van der Waals surface area contributed by atoms with E-state index in [1.54, 1.807) is 30.3 Å². The Labute approximate surface area is 160 Å². The van der Waals surface area contributed by atoms with Gasteiger partial charge in [-0.05, 0) is 44.0 Å². The highest BCUT2D eigenvalue weighted by Crippen LogP contribution is 2.20. The Kier molecular flexibility index (Phi) is 6.97. The summed E-state index contributed by atoms with van der Waals surface area (Å²) in [6.45, 7) is 7.01. The van der Waals surface area contributed by atoms with Gasteiger partial charge in [0.15, 0.2) is 0 Å². The van der Waals surface area contributed by atoms with Crippen LogP contribution in [-0.4, -0.2) is 10.5 Å². The molecular formula is C22H23N3O2. The first-order valence-corrected chi connectivity index (χ1v) is 8.95. The summed E-state index contributed by atoms with van der Waals surface area (Å²) in [5.41, 5.74) is 3.97. The molecule has 0 saturated carbocycles. The fourth-order valence-corrected chi connectivity index (χ4v) is 2.90. The fourth-order valence-electron chi connectivity index (χ4n) is 2.90. The van der Waals surface area contributed by atoms with E-state index in [4.69, 9.17) is 10.00 Å². The molecule has 27 heavy (non-hydrogen) atoms. The van der Waals surface area contributed by atoms with Crippen molar-refractivity contribution >= 4 is 12.0 Å². The average Bonchev–Trinajstić information content (AvgIpc) is 2.95. The van der Waals surface area contributed by atoms with E-state index in [0.717, 1.165) is 36.3 Å². The number of rotatable bonds is 7. The third-order valence-corrected chi connectivity index (χ3v) is 4.48. The van der Waals surface area contributed by atoms with Gasteiger partial charge in [0, 0.05) is 23.5 Å². The molecule has 0 saturated heterocycles. The molecule has 138 valence electrons. The Morgan fingerprint density at radius 3 is 2.67 bits per heavy atom. The van der Waals surface area contributed by atoms with Crippen LogP contribution in [-0.2, 0) is 22.7 Å². The fraction of sp³-hybridized carbons (Fsp3) is 0.318. The first-order valence-electron chi connectivity index (χ1n) is 8.95. The molecule has 1 aromatic heterocycles. The van der Waals surface area contributed by atoms with Gasteiger partial charge in [-0.1, -0.05) is 31.5 Å². The van der Waals surface area contributed by atoms with Gasteiger partial charge in [0.1, 0.15) is 18.2 Å². The van der Waals surface area contributed by atoms with Crippen molar-refractivity contribution in [3.63, 3.8) is 0 Å². The van der Waals surface area contributed by atoms with Gasteiger partial charge in [-0.15, -0.1) is 0 Å². The second kappa shape index (κ2) is 9.40. The van der Waals surface area contributed by atoms with Crippen LogP contribution >= 0.6 is 0 Å². The van der Waals surface area contributed by atoms with Crippen LogP contribution < -0.4 is 0 Å². The number of hydrogen-bond acceptors (Lipinski definition) is 4. The van der Waals surface area contributed by atoms with Crippen LogP contribution in [0, 0.1) is 36.5 Å². The van der Waals surface area contributed by atoms with Crippen molar-refractivity contribution in [1.29, 1.82) is 10.5 Å². The number of carbonyl (C=O) groups excluding carboxylic acids is 1. The highest BCUT2D eigenvalue weighted by atomic mass is 16.5. The largest absolute Gasteiger partial charge is 0.457 e. The van der Waals surface area contributed by atoms with E-state index in [1.807, 2.05) is 26.0 Å². The van der Waals surface area contributed by atoms with Gasteiger partial charge in [-0.3, -0.25) is 0 Å². The molecule has 0 amide bonds. The van der Waals surface area contributed by atoms with Gasteiger partial charge in [-0.25, -0.2) is 4.79 Å². The molecule has 5 heteroatoms. The zero-order valence-corrected chi connectivity index (χ0v) is 16.0. The van der Waals surface area contributed by atoms with Crippen LogP contribution in [0.25, 0.3) is 6.08 Å². The van der Waals surface area contributed by atoms with Gasteiger partial charge in [0.05, 0.1) is 11.6 Å². The first-order chi connectivity index (χ1) is 13.0. The lowest BCUT2D eigenvalue weighted by Crippen LogP contribution is -2.08. The summed E-state index contributed by atoms with van der Waals surface area (Å²) in [7, 11) is 0. The zero-order valence-electron chi connectivity index (χ0n) is 16.0. The van der Waals surface area contributed by atoms with Crippen LogP contribution in [0.2, 0.25) is 0 Å². The van der Waals surface area contributed by atoms with Crippen LogP contribution in [0.15, 0.2) is 35.9 Å². The molecule has 2 aromatic rings. The van der Waals surface area contributed by atoms with Gasteiger partial charge in [0.2, 0.25) is 0 Å². The molecule has 0 spiro atoms. The maximum absolute atomic E-state index is 12.3. The van der Waals surface area contributed by atoms with Crippen molar-refractivity contribution in [3.05, 3.63) is 64.0 Å². The van der Waals surface area contributed by atoms with Crippen molar-refractivity contribution in [2.45, 2.75) is 46.8 Å². The summed E-state index contributed by atoms with van der Waals surface area (Å²) in [6, 6.07) is 12.9. The highest BCUT2D eigenvalue weighted by Gasteiger charge is 2.15. The van der Waals surface area contributed by atoms with Crippen molar-refractivity contribution in [2.24, 2.45) is 0 Å². The summed E-state index contributed by atoms with van der Waals surface area (Å²) in [4.78, 5) is 12.3. The van der Waals surface area contributed by atoms with Crippen LogP contribution in [0.5, 0.6) is 0 Å². The van der Waals surface area contributed by atoms with Gasteiger partial charge >= 0.3 is 5.97 Å². The molecule has 0 atom stereocenters. The molecule has 0 bridgehead atoms. The molecule has 0 aliphatic heterocycles. The van der Waals surface area contributed by atoms with E-state index in [2.05, 4.69) is 17.6 Å². The third kappa shape index (κ3) is 4.86. The van der Waals surface area contributed by atoms with E-state index in [-0.39, 0.29) is 12.2 Å². The summed E-state index contributed by atoms with van der Waals surface area (Å²) in [5.74, 6) is -0.691. The Morgan fingerprint density at radius 1 is 1.26 bits per heavy atom. The predicted molar refractivity (Wildman–Crippen MR) is 103 cm³/mol. The molecule has 1 heterocycles. The van der Waals surface area contributed by atoms with Crippen molar-refractivity contribution in [3.8, 4) is 12.1 Å². The Morgan fingerprint density at radius 2 is 2.00 bits per heavy atom. The molecule has 1 aromatic carbocycles. The molecular weight excluding hydrogens is 338 g/mol. The third-order valence-electron chi connectivity index (χ3n) is 4.48. The van der Waals surface area contributed by atoms with Crippen molar-refractivity contribution in [1.82, 2.24) is 4.57 Å². The lowest BCUT2D eigenvalue weighted by Gasteiger charge is -2.08. The minimum atomic E-state index is -0.691. The number of unbranched alkanes of at least 4 members (excludes halogenated alkanes) is 1. The summed E-state index contributed by atoms with van der Waals surface area (Å²) >= 11 is 0. The molecule has 0 aliphatic carbocycles. The lowest BCUT2D eigenvalue weighted by molar-refractivity contribution is -0.139. The highest BCUT2D eigenvalue weighted by molar-refractivity contribution is 5.98. The number of aromatic nitrogens is 1. The summed E-state index contributed by atoms with van der Waals surface area (Å²) < 4.78 is 7.44. The second-order valence-electron chi connectivity index (χ2n) is 6.35. The molecule has 0 fully saturated rings. The van der Waals surface area contributed by atoms with Gasteiger partial charge in [-0.2, -0.15) is 10.5 Å². The number of esters is 1. The summed E-state index contributed by atoms with van der Waals surface area (Å²) in [5, 5.41) is 18.5. The molecule has 0 unspecified atom stereocenters. The number of nitrogens with zero attached hydrogens (tertiary/aromatic N) is 3. The Hall–Kier alpha value is -3.31. The van der Waals surface area contributed by atoms with Crippen LogP contribution in [0.4, 0.5) is 0 Å². The normalized spacial score (nSPS) is 10.9. The minimum absolute atomic E-state index is 0.0445. The number of hydrogen-bond donors (Lipinski definition) is 0. The molecule has 5 nitrogen and oxygen atoms in total. The van der Waals surface area contributed by atoms with E-state index in [9.17, 15) is 10.1 Å². The molecule has 0 radical (unpaired) electrons. The Balaban J connectivity index is 2.18. The standard InChI is InChI=1S/C22H23N3O2/c1-4-5-10-25-16(2)11-20(17(25)3)12-21(14-24)22(26)27-15-19-9-7-6-8-18(19)13-23/h6-9,11-12H,4-5,10,15H2,1-3H3/b21-12+. The number of ether oxygens (including phenoxy) is 1. The second-order valence-corrected chi connectivity index (χ2v) is 6.35. The minimum Gasteiger partial charge on any atom is -0.457 e. The van der Waals surface area contributed by atoms with E-state index >= 15 is 0 Å².